The smallest absolute Gasteiger partial charge is 0.410 e. The van der Waals surface area contributed by atoms with Crippen LogP contribution < -0.4 is 21.6 Å². The minimum atomic E-state index is -0.616. The number of nitrogens with two attached hydrogens (primary N) is 2. The second-order valence-electron chi connectivity index (χ2n) is 19.5. The molecule has 3 aromatic rings. The van der Waals surface area contributed by atoms with Crippen molar-refractivity contribution in [3.63, 3.8) is 0 Å². The molecule has 7 rings (SSSR count). The molecule has 3 amide bonds. The monoisotopic (exact) mass is 964 g/mol. The molecule has 0 aromatic heterocycles. The van der Waals surface area contributed by atoms with Crippen molar-refractivity contribution in [3.05, 3.63) is 124 Å². The summed E-state index contributed by atoms with van der Waals surface area (Å²) in [6.07, 6.45) is 9.34. The lowest BCUT2D eigenvalue weighted by Crippen LogP contribution is -2.53. The van der Waals surface area contributed by atoms with Crippen LogP contribution in [0, 0.1) is 5.82 Å². The number of halogens is 1. The fourth-order valence-electron chi connectivity index (χ4n) is 9.64. The zero-order valence-corrected chi connectivity index (χ0v) is 41.1. The Kier molecular flexibility index (Phi) is 17.5. The van der Waals surface area contributed by atoms with Gasteiger partial charge in [-0.2, -0.15) is 5.10 Å². The number of ether oxygens (including phenoxy) is 3. The van der Waals surface area contributed by atoms with Gasteiger partial charge in [0.15, 0.2) is 6.29 Å². The summed E-state index contributed by atoms with van der Waals surface area (Å²) in [5, 5.41) is 4.37. The first kappa shape index (κ1) is 51.4. The number of carbonyl (C=O) groups excluding carboxylic acids is 4. The molecule has 16 nitrogen and oxygen atoms in total. The van der Waals surface area contributed by atoms with E-state index in [0.717, 1.165) is 76.6 Å². The predicted molar refractivity (Wildman–Crippen MR) is 267 cm³/mol. The molecular weight excluding hydrogens is 894 g/mol. The summed E-state index contributed by atoms with van der Waals surface area (Å²) in [5.41, 5.74) is 18.3. The maximum absolute atomic E-state index is 15.1. The molecule has 5 N–H and O–H groups in total. The van der Waals surface area contributed by atoms with E-state index in [9.17, 15) is 19.2 Å². The van der Waals surface area contributed by atoms with Crippen LogP contribution in [0.1, 0.15) is 103 Å². The molecule has 376 valence electrons. The Hall–Kier alpha value is -6.46. The molecule has 4 saturated heterocycles. The van der Waals surface area contributed by atoms with Crippen molar-refractivity contribution < 1.29 is 37.8 Å². The summed E-state index contributed by atoms with van der Waals surface area (Å²) in [6.45, 7) is 11.5. The van der Waals surface area contributed by atoms with Crippen molar-refractivity contribution in [2.24, 2.45) is 16.6 Å². The number of aldehydes is 1. The predicted octanol–water partition coefficient (Wildman–Crippen LogP) is 5.83. The lowest BCUT2D eigenvalue weighted by Gasteiger charge is -2.39. The molecule has 17 heteroatoms. The number of rotatable bonds is 15. The number of amides is 3. The van der Waals surface area contributed by atoms with Crippen molar-refractivity contribution >= 4 is 29.9 Å². The van der Waals surface area contributed by atoms with Crippen molar-refractivity contribution in [2.75, 3.05) is 79.0 Å². The standard InChI is InChI=1S/C53H70FN9O7/c1-53(2,3)70-52(67)63-20-8-11-39(34-63)38-10-7-12-43(31-38)69-44(33-55)32-49(56)60-23-18-42(19-24-60)68-41-16-21-59(22-17-41)35-50(65)61-25-27-62(28-26-61)51(66)46-29-37(14-15-47(46)54)30-48(58-57-4)45-13-6-5-9-40(45)36-64/h5-7,9-10,12-15,29,31-33,36,39,41-42,57H,8,11,16-28,30,34-35,55-56H2,1-4H3/b44-33+,49-32+,58-48-. The summed E-state index contributed by atoms with van der Waals surface area (Å²) in [5.74, 6) is 0.785. The second kappa shape index (κ2) is 23.9. The molecule has 4 heterocycles. The van der Waals surface area contributed by atoms with E-state index in [0.29, 0.717) is 85.5 Å². The van der Waals surface area contributed by atoms with Crippen molar-refractivity contribution in [1.82, 2.24) is 29.9 Å². The third kappa shape index (κ3) is 13.9. The maximum atomic E-state index is 15.1. The van der Waals surface area contributed by atoms with Gasteiger partial charge < -0.3 is 50.7 Å². The van der Waals surface area contributed by atoms with Crippen LogP contribution in [0.25, 0.3) is 0 Å². The molecule has 70 heavy (non-hydrogen) atoms. The zero-order valence-electron chi connectivity index (χ0n) is 41.1. The van der Waals surface area contributed by atoms with Crippen LogP contribution in [0.2, 0.25) is 0 Å². The van der Waals surface area contributed by atoms with Crippen LogP contribution in [-0.4, -0.2) is 151 Å². The van der Waals surface area contributed by atoms with Gasteiger partial charge in [-0.25, -0.2) is 9.18 Å². The molecule has 4 fully saturated rings. The SMILES string of the molecule is CN/N=C(/Cc1ccc(F)c(C(=O)N2CCN(C(=O)CN3CCC(OC4CCN(/C(N)=C/C(=C\N)Oc5cccc(C6CCCN(C(=O)OC(C)(C)C)C6)c5)CC4)CC3)CC2)c1)c1ccccc1C=O. The quantitative estimate of drug-likeness (QED) is 0.0545. The van der Waals surface area contributed by atoms with Gasteiger partial charge in [-0.1, -0.05) is 42.5 Å². The highest BCUT2D eigenvalue weighted by molar-refractivity contribution is 6.07. The molecule has 1 atom stereocenters. The molecule has 0 aliphatic carbocycles. The third-order valence-electron chi connectivity index (χ3n) is 13.4. The Balaban J connectivity index is 0.809. The molecule has 0 bridgehead atoms. The highest BCUT2D eigenvalue weighted by atomic mass is 19.1. The number of hydrogen-bond donors (Lipinski definition) is 3. The maximum Gasteiger partial charge on any atom is 0.410 e. The Bertz CT molecular complexity index is 2400. The Labute approximate surface area is 411 Å². The van der Waals surface area contributed by atoms with E-state index in [4.69, 9.17) is 25.7 Å². The van der Waals surface area contributed by atoms with E-state index in [1.807, 2.05) is 45.0 Å². The minimum absolute atomic E-state index is 0.0174. The molecule has 1 unspecified atom stereocenters. The van der Waals surface area contributed by atoms with Crippen LogP contribution >= 0.6 is 0 Å². The summed E-state index contributed by atoms with van der Waals surface area (Å²) in [4.78, 5) is 61.0. The summed E-state index contributed by atoms with van der Waals surface area (Å²) < 4.78 is 33.5. The second-order valence-corrected chi connectivity index (χ2v) is 19.5. The van der Waals surface area contributed by atoms with Crippen LogP contribution in [0.4, 0.5) is 9.18 Å². The van der Waals surface area contributed by atoms with E-state index in [-0.39, 0.29) is 42.1 Å². The summed E-state index contributed by atoms with van der Waals surface area (Å²) >= 11 is 0. The van der Waals surface area contributed by atoms with Crippen LogP contribution in [0.15, 0.2) is 95.7 Å². The van der Waals surface area contributed by atoms with Gasteiger partial charge in [0.1, 0.15) is 28.7 Å². The Morgan fingerprint density at radius 3 is 2.20 bits per heavy atom. The minimum Gasteiger partial charge on any atom is -0.456 e. The number of nitrogens with zero attached hydrogens (tertiary/aromatic N) is 6. The topological polar surface area (TPSA) is 189 Å². The average Bonchev–Trinajstić information content (AvgIpc) is 3.36. The molecule has 3 aromatic carbocycles. The van der Waals surface area contributed by atoms with E-state index >= 15 is 4.39 Å². The highest BCUT2D eigenvalue weighted by Gasteiger charge is 2.32. The van der Waals surface area contributed by atoms with Crippen molar-refractivity contribution in [2.45, 2.75) is 89.4 Å². The van der Waals surface area contributed by atoms with Gasteiger partial charge in [0.2, 0.25) is 5.91 Å². The van der Waals surface area contributed by atoms with Gasteiger partial charge in [-0.3, -0.25) is 19.3 Å². The molecule has 0 radical (unpaired) electrons. The number of benzene rings is 3. The van der Waals surface area contributed by atoms with E-state index in [1.165, 1.54) is 12.3 Å². The molecular formula is C53H70FN9O7. The van der Waals surface area contributed by atoms with Crippen LogP contribution in [-0.2, 0) is 20.7 Å². The summed E-state index contributed by atoms with van der Waals surface area (Å²) in [7, 11) is 1.66. The first-order chi connectivity index (χ1) is 33.7. The highest BCUT2D eigenvalue weighted by Crippen LogP contribution is 2.31. The van der Waals surface area contributed by atoms with Gasteiger partial charge in [0, 0.05) is 108 Å². The van der Waals surface area contributed by atoms with Crippen molar-refractivity contribution in [1.29, 1.82) is 0 Å². The van der Waals surface area contributed by atoms with Gasteiger partial charge >= 0.3 is 6.09 Å². The number of carbonyl (C=O) groups is 4. The van der Waals surface area contributed by atoms with Gasteiger partial charge in [0.05, 0.1) is 30.0 Å². The largest absolute Gasteiger partial charge is 0.456 e. The first-order valence-corrected chi connectivity index (χ1v) is 24.6. The number of piperidine rings is 3. The first-order valence-electron chi connectivity index (χ1n) is 24.6. The van der Waals surface area contributed by atoms with Gasteiger partial charge in [-0.05, 0) is 94.7 Å². The average molecular weight is 964 g/mol. The van der Waals surface area contributed by atoms with E-state index < -0.39 is 17.3 Å². The zero-order chi connectivity index (χ0) is 49.8. The molecule has 4 aliphatic rings. The molecule has 0 saturated carbocycles. The summed E-state index contributed by atoms with van der Waals surface area (Å²) in [6, 6.07) is 19.5. The number of nitrogens with one attached hydrogen (secondary N) is 1. The molecule has 4 aliphatic heterocycles. The van der Waals surface area contributed by atoms with Gasteiger partial charge in [-0.15, -0.1) is 0 Å². The van der Waals surface area contributed by atoms with E-state index in [1.54, 1.807) is 58.2 Å². The third-order valence-corrected chi connectivity index (χ3v) is 13.4. The van der Waals surface area contributed by atoms with E-state index in [2.05, 4.69) is 26.4 Å². The number of likely N-dealkylation sites (tertiary alicyclic amines) is 3. The van der Waals surface area contributed by atoms with Crippen LogP contribution in [0.5, 0.6) is 5.75 Å². The number of allylic oxidation sites excluding steroid dienone is 1. The molecule has 0 spiro atoms. The van der Waals surface area contributed by atoms with Gasteiger partial charge in [0.25, 0.3) is 5.91 Å². The number of piperazine rings is 1. The Morgan fingerprint density at radius 1 is 0.814 bits per heavy atom. The Morgan fingerprint density at radius 2 is 1.51 bits per heavy atom. The number of hydrogen-bond acceptors (Lipinski definition) is 13. The fraction of sp³-hybridized carbons (Fsp3) is 0.491. The number of hydrazone groups is 1. The lowest BCUT2D eigenvalue weighted by molar-refractivity contribution is -0.135. The lowest BCUT2D eigenvalue weighted by atomic mass is 9.90. The van der Waals surface area contributed by atoms with Crippen molar-refractivity contribution in [3.8, 4) is 5.75 Å². The normalized spacial score (nSPS) is 19.5. The van der Waals surface area contributed by atoms with Crippen LogP contribution in [0.3, 0.4) is 0 Å². The fourth-order valence-corrected chi connectivity index (χ4v) is 9.64.